The first kappa shape index (κ1) is 25.0. The van der Waals surface area contributed by atoms with Crippen LogP contribution >= 0.6 is 0 Å². The molecule has 0 aliphatic rings. The lowest BCUT2D eigenvalue weighted by Crippen LogP contribution is -2.21. The van der Waals surface area contributed by atoms with Gasteiger partial charge in [-0.15, -0.1) is 0 Å². The number of hydrogen-bond donors (Lipinski definition) is 0. The first-order chi connectivity index (χ1) is 18.8. The van der Waals surface area contributed by atoms with E-state index in [9.17, 15) is 0 Å². The van der Waals surface area contributed by atoms with Crippen LogP contribution in [0.4, 0.5) is 17.1 Å². The number of para-hydroxylation sites is 1. The van der Waals surface area contributed by atoms with Crippen molar-refractivity contribution in [2.24, 2.45) is 5.10 Å². The van der Waals surface area contributed by atoms with Crippen molar-refractivity contribution < 1.29 is 0 Å². The predicted octanol–water partition coefficient (Wildman–Crippen LogP) is 9.04. The minimum atomic E-state index is 0.992. The van der Waals surface area contributed by atoms with Crippen molar-refractivity contribution in [2.45, 2.75) is 13.8 Å². The highest BCUT2D eigenvalue weighted by Crippen LogP contribution is 2.42. The maximum atomic E-state index is 5.06. The average molecular weight is 496 g/mol. The third-order valence-corrected chi connectivity index (χ3v) is 6.76. The summed E-state index contributed by atoms with van der Waals surface area (Å²) in [5, 5.41) is 7.11. The Morgan fingerprint density at radius 3 is 1.74 bits per heavy atom. The molecule has 5 aromatic carbocycles. The zero-order valence-electron chi connectivity index (χ0n) is 22.0. The molecule has 0 aliphatic carbocycles. The van der Waals surface area contributed by atoms with Crippen LogP contribution in [0.25, 0.3) is 22.3 Å². The second kappa shape index (κ2) is 12.1. The van der Waals surface area contributed by atoms with E-state index in [4.69, 9.17) is 5.10 Å². The molecule has 0 fully saturated rings. The van der Waals surface area contributed by atoms with Crippen LogP contribution in [-0.4, -0.2) is 19.3 Å². The Labute approximate surface area is 226 Å². The quantitative estimate of drug-likeness (QED) is 0.150. The molecule has 0 aromatic heterocycles. The Kier molecular flexibility index (Phi) is 7.95. The zero-order chi connectivity index (χ0) is 26.2. The molecule has 0 saturated heterocycles. The van der Waals surface area contributed by atoms with Crippen molar-refractivity contribution >= 4 is 23.3 Å². The minimum absolute atomic E-state index is 0.992. The maximum Gasteiger partial charge on any atom is 0.0737 e. The number of rotatable bonds is 9. The molecule has 5 rings (SSSR count). The molecule has 0 heterocycles. The van der Waals surface area contributed by atoms with E-state index in [1.165, 1.54) is 16.8 Å². The SMILES string of the molecule is CCN(CC)c1ccc(C=NN(c2ccccc2)c2cccc(-c3ccccc3)c2-c2ccccc2)cc1. The van der Waals surface area contributed by atoms with Gasteiger partial charge in [-0.2, -0.15) is 5.10 Å². The molecule has 0 amide bonds. The predicted molar refractivity (Wildman–Crippen MR) is 163 cm³/mol. The summed E-state index contributed by atoms with van der Waals surface area (Å²) in [4.78, 5) is 2.35. The molecule has 38 heavy (non-hydrogen) atoms. The lowest BCUT2D eigenvalue weighted by atomic mass is 9.92. The van der Waals surface area contributed by atoms with Gasteiger partial charge in [0.05, 0.1) is 17.6 Å². The topological polar surface area (TPSA) is 18.8 Å². The first-order valence-electron chi connectivity index (χ1n) is 13.3. The fourth-order valence-electron chi connectivity index (χ4n) is 4.80. The van der Waals surface area contributed by atoms with Gasteiger partial charge < -0.3 is 4.90 Å². The molecule has 0 saturated carbocycles. The van der Waals surface area contributed by atoms with E-state index in [1.807, 2.05) is 17.3 Å². The molecular weight excluding hydrogens is 462 g/mol. The van der Waals surface area contributed by atoms with Gasteiger partial charge in [0.15, 0.2) is 0 Å². The normalized spacial score (nSPS) is 11.0. The van der Waals surface area contributed by atoms with E-state index in [-0.39, 0.29) is 0 Å². The Morgan fingerprint density at radius 1 is 0.553 bits per heavy atom. The standard InChI is InChI=1S/C35H33N3/c1-3-37(4-2)31-25-23-28(24-26-31)27-36-38(32-19-12-7-13-20-32)34-22-14-21-33(29-15-8-5-9-16-29)35(34)30-17-10-6-11-18-30/h5-27H,3-4H2,1-2H3. The summed E-state index contributed by atoms with van der Waals surface area (Å²) in [6, 6.07) is 46.6. The van der Waals surface area contributed by atoms with Gasteiger partial charge in [0.1, 0.15) is 0 Å². The van der Waals surface area contributed by atoms with Crippen molar-refractivity contribution in [3.8, 4) is 22.3 Å². The van der Waals surface area contributed by atoms with Gasteiger partial charge in [0, 0.05) is 24.3 Å². The second-order valence-electron chi connectivity index (χ2n) is 9.09. The summed E-state index contributed by atoms with van der Waals surface area (Å²) in [6.07, 6.45) is 1.95. The van der Waals surface area contributed by atoms with Crippen molar-refractivity contribution in [1.29, 1.82) is 0 Å². The molecular formula is C35H33N3. The van der Waals surface area contributed by atoms with E-state index in [0.29, 0.717) is 0 Å². The van der Waals surface area contributed by atoms with Crippen LogP contribution in [0.1, 0.15) is 19.4 Å². The van der Waals surface area contributed by atoms with Gasteiger partial charge in [0.2, 0.25) is 0 Å². The highest BCUT2D eigenvalue weighted by molar-refractivity contribution is 5.94. The molecule has 0 radical (unpaired) electrons. The average Bonchev–Trinajstić information content (AvgIpc) is 3.00. The molecule has 0 spiro atoms. The molecule has 5 aromatic rings. The summed E-state index contributed by atoms with van der Waals surface area (Å²) in [5.74, 6) is 0. The van der Waals surface area contributed by atoms with Crippen LogP contribution in [0.15, 0.2) is 139 Å². The summed E-state index contributed by atoms with van der Waals surface area (Å²) in [5.41, 5.74) is 8.98. The van der Waals surface area contributed by atoms with Gasteiger partial charge in [0.25, 0.3) is 0 Å². The number of benzene rings is 5. The van der Waals surface area contributed by atoms with E-state index in [2.05, 4.69) is 146 Å². The van der Waals surface area contributed by atoms with Gasteiger partial charge in [-0.1, -0.05) is 103 Å². The lowest BCUT2D eigenvalue weighted by molar-refractivity contribution is 0.866. The summed E-state index contributed by atoms with van der Waals surface area (Å²) in [6.45, 7) is 6.35. The molecule has 3 nitrogen and oxygen atoms in total. The highest BCUT2D eigenvalue weighted by atomic mass is 15.5. The smallest absolute Gasteiger partial charge is 0.0737 e. The largest absolute Gasteiger partial charge is 0.372 e. The van der Waals surface area contributed by atoms with Crippen LogP contribution in [0.5, 0.6) is 0 Å². The summed E-state index contributed by atoms with van der Waals surface area (Å²) in [7, 11) is 0. The zero-order valence-corrected chi connectivity index (χ0v) is 22.0. The van der Waals surface area contributed by atoms with Gasteiger partial charge >= 0.3 is 0 Å². The lowest BCUT2D eigenvalue weighted by Gasteiger charge is -2.25. The van der Waals surface area contributed by atoms with E-state index in [1.54, 1.807) is 0 Å². The van der Waals surface area contributed by atoms with Crippen molar-refractivity contribution in [1.82, 2.24) is 0 Å². The Hall–Kier alpha value is -4.63. The van der Waals surface area contributed by atoms with Crippen molar-refractivity contribution in [3.05, 3.63) is 139 Å². The Morgan fingerprint density at radius 2 is 1.13 bits per heavy atom. The Balaban J connectivity index is 1.63. The molecule has 0 N–H and O–H groups in total. The summed E-state index contributed by atoms with van der Waals surface area (Å²) >= 11 is 0. The maximum absolute atomic E-state index is 5.06. The Bertz CT molecular complexity index is 1460. The number of anilines is 3. The minimum Gasteiger partial charge on any atom is -0.372 e. The van der Waals surface area contributed by atoms with E-state index >= 15 is 0 Å². The van der Waals surface area contributed by atoms with Gasteiger partial charge in [-0.3, -0.25) is 0 Å². The fourth-order valence-corrected chi connectivity index (χ4v) is 4.80. The number of hydrogen-bond acceptors (Lipinski definition) is 3. The number of hydrazone groups is 1. The van der Waals surface area contributed by atoms with Crippen molar-refractivity contribution in [3.63, 3.8) is 0 Å². The third kappa shape index (κ3) is 5.52. The molecule has 0 atom stereocenters. The molecule has 3 heteroatoms. The van der Waals surface area contributed by atoms with Crippen molar-refractivity contribution in [2.75, 3.05) is 23.0 Å². The first-order valence-corrected chi connectivity index (χ1v) is 13.3. The molecule has 0 aliphatic heterocycles. The van der Waals surface area contributed by atoms with Crippen LogP contribution < -0.4 is 9.91 Å². The van der Waals surface area contributed by atoms with Gasteiger partial charge in [-0.05, 0) is 66.4 Å². The monoisotopic (exact) mass is 495 g/mol. The summed E-state index contributed by atoms with van der Waals surface area (Å²) < 4.78 is 0. The molecule has 188 valence electrons. The number of nitrogens with zero attached hydrogens (tertiary/aromatic N) is 3. The third-order valence-electron chi connectivity index (χ3n) is 6.76. The molecule has 0 bridgehead atoms. The van der Waals surface area contributed by atoms with Crippen LogP contribution in [-0.2, 0) is 0 Å². The van der Waals surface area contributed by atoms with E-state index in [0.717, 1.165) is 41.2 Å². The van der Waals surface area contributed by atoms with Crippen LogP contribution in [0.2, 0.25) is 0 Å². The second-order valence-corrected chi connectivity index (χ2v) is 9.09. The van der Waals surface area contributed by atoms with E-state index < -0.39 is 0 Å². The van der Waals surface area contributed by atoms with Gasteiger partial charge in [-0.25, -0.2) is 5.01 Å². The van der Waals surface area contributed by atoms with Crippen LogP contribution in [0.3, 0.4) is 0 Å². The fraction of sp³-hybridized carbons (Fsp3) is 0.114. The molecule has 0 unspecified atom stereocenters. The highest BCUT2D eigenvalue weighted by Gasteiger charge is 2.18. The van der Waals surface area contributed by atoms with Crippen LogP contribution in [0, 0.1) is 0 Å².